The van der Waals surface area contributed by atoms with Crippen LogP contribution < -0.4 is 5.32 Å². The number of nitrogens with zero attached hydrogens (tertiary/aromatic N) is 4. The summed E-state index contributed by atoms with van der Waals surface area (Å²) in [6.07, 6.45) is 1.94. The number of ether oxygens (including phenoxy) is 1. The number of methoxy groups -OCH3 is 1. The van der Waals surface area contributed by atoms with Crippen molar-refractivity contribution in [3.8, 4) is 0 Å². The Bertz CT molecular complexity index is 652. The van der Waals surface area contributed by atoms with Gasteiger partial charge in [0, 0.05) is 37.7 Å². The largest absolute Gasteiger partial charge is 0.375 e. The van der Waals surface area contributed by atoms with Crippen molar-refractivity contribution in [1.82, 2.24) is 20.2 Å². The van der Waals surface area contributed by atoms with Gasteiger partial charge >= 0.3 is 0 Å². The van der Waals surface area contributed by atoms with E-state index in [2.05, 4.69) is 30.6 Å². The van der Waals surface area contributed by atoms with Crippen LogP contribution in [-0.2, 0) is 17.8 Å². The maximum absolute atomic E-state index is 5.31. The van der Waals surface area contributed by atoms with E-state index in [9.17, 15) is 0 Å². The first-order chi connectivity index (χ1) is 11.0. The summed E-state index contributed by atoms with van der Waals surface area (Å²) in [6.45, 7) is 5.44. The highest BCUT2D eigenvalue weighted by molar-refractivity contribution is 7.11. The van der Waals surface area contributed by atoms with E-state index in [0.29, 0.717) is 6.54 Å². The molecule has 1 unspecified atom stereocenters. The van der Waals surface area contributed by atoms with Crippen LogP contribution in [-0.4, -0.2) is 42.0 Å². The fraction of sp³-hybridized carbons (Fsp3) is 0.533. The molecule has 2 aromatic rings. The minimum Gasteiger partial charge on any atom is -0.375 e. The standard InChI is InChI=1S/C15H23N5OS2/c1-10(21-5)14-19-12(9-22-14)8-20(4)15(16-3)18-7-13-6-17-11(2)23-13/h6,9-10H,7-8H2,1-5H3,(H,16,18). The summed E-state index contributed by atoms with van der Waals surface area (Å²) >= 11 is 3.32. The second kappa shape index (κ2) is 8.37. The molecule has 23 heavy (non-hydrogen) atoms. The molecule has 0 aliphatic rings. The van der Waals surface area contributed by atoms with Gasteiger partial charge in [-0.3, -0.25) is 4.99 Å². The summed E-state index contributed by atoms with van der Waals surface area (Å²) in [5.74, 6) is 0.838. The third-order valence-electron chi connectivity index (χ3n) is 3.33. The maximum Gasteiger partial charge on any atom is 0.194 e. The van der Waals surface area contributed by atoms with Crippen LogP contribution in [0.15, 0.2) is 16.6 Å². The van der Waals surface area contributed by atoms with Gasteiger partial charge in [-0.25, -0.2) is 9.97 Å². The maximum atomic E-state index is 5.31. The Morgan fingerprint density at radius 2 is 2.30 bits per heavy atom. The molecule has 2 heterocycles. The molecule has 1 N–H and O–H groups in total. The predicted molar refractivity (Wildman–Crippen MR) is 96.1 cm³/mol. The summed E-state index contributed by atoms with van der Waals surface area (Å²) in [5.41, 5.74) is 1.02. The Balaban J connectivity index is 1.92. The van der Waals surface area contributed by atoms with Crippen molar-refractivity contribution in [1.29, 1.82) is 0 Å². The first-order valence-corrected chi connectivity index (χ1v) is 9.03. The topological polar surface area (TPSA) is 62.6 Å². The Morgan fingerprint density at radius 1 is 1.52 bits per heavy atom. The summed E-state index contributed by atoms with van der Waals surface area (Å²) in [6, 6.07) is 0. The molecule has 126 valence electrons. The van der Waals surface area contributed by atoms with Crippen LogP contribution in [0.4, 0.5) is 0 Å². The number of nitrogens with one attached hydrogen (secondary N) is 1. The van der Waals surface area contributed by atoms with Gasteiger partial charge in [-0.15, -0.1) is 22.7 Å². The van der Waals surface area contributed by atoms with Gasteiger partial charge in [0.2, 0.25) is 0 Å². The van der Waals surface area contributed by atoms with E-state index in [4.69, 9.17) is 4.74 Å². The molecule has 0 spiro atoms. The number of aryl methyl sites for hydroxylation is 1. The van der Waals surface area contributed by atoms with Crippen LogP contribution in [0.25, 0.3) is 0 Å². The molecule has 8 heteroatoms. The van der Waals surface area contributed by atoms with Gasteiger partial charge in [-0.05, 0) is 13.8 Å². The molecule has 0 bridgehead atoms. The van der Waals surface area contributed by atoms with E-state index in [1.807, 2.05) is 27.1 Å². The van der Waals surface area contributed by atoms with Gasteiger partial charge in [-0.2, -0.15) is 0 Å². The van der Waals surface area contributed by atoms with Gasteiger partial charge < -0.3 is 15.0 Å². The lowest BCUT2D eigenvalue weighted by molar-refractivity contribution is 0.119. The summed E-state index contributed by atoms with van der Waals surface area (Å²) < 4.78 is 5.31. The predicted octanol–water partition coefficient (Wildman–Crippen LogP) is 2.82. The minimum atomic E-state index is 0.0334. The van der Waals surface area contributed by atoms with E-state index < -0.39 is 0 Å². The lowest BCUT2D eigenvalue weighted by Crippen LogP contribution is -2.38. The van der Waals surface area contributed by atoms with Crippen molar-refractivity contribution in [2.75, 3.05) is 21.2 Å². The zero-order valence-corrected chi connectivity index (χ0v) is 15.8. The number of rotatable bonds is 6. The zero-order chi connectivity index (χ0) is 16.8. The Morgan fingerprint density at radius 3 is 2.91 bits per heavy atom. The van der Waals surface area contributed by atoms with Crippen LogP contribution in [0.3, 0.4) is 0 Å². The van der Waals surface area contributed by atoms with Crippen molar-refractivity contribution in [2.24, 2.45) is 4.99 Å². The number of hydrogen-bond donors (Lipinski definition) is 1. The molecule has 2 rings (SSSR count). The first kappa shape index (κ1) is 17.8. The average Bonchev–Trinajstić information content (AvgIpc) is 3.16. The van der Waals surface area contributed by atoms with E-state index >= 15 is 0 Å². The van der Waals surface area contributed by atoms with Gasteiger partial charge in [-0.1, -0.05) is 0 Å². The van der Waals surface area contributed by atoms with Gasteiger partial charge in [0.1, 0.15) is 11.1 Å². The van der Waals surface area contributed by atoms with Crippen LogP contribution in [0, 0.1) is 6.92 Å². The molecule has 1 atom stereocenters. The van der Waals surface area contributed by atoms with Gasteiger partial charge in [0.05, 0.1) is 23.8 Å². The molecule has 0 aromatic carbocycles. The van der Waals surface area contributed by atoms with Crippen LogP contribution in [0.5, 0.6) is 0 Å². The quantitative estimate of drug-likeness (QED) is 0.639. The number of aromatic nitrogens is 2. The molecule has 0 aliphatic heterocycles. The third kappa shape index (κ3) is 4.98. The second-order valence-electron chi connectivity index (χ2n) is 5.16. The smallest absolute Gasteiger partial charge is 0.194 e. The number of guanidine groups is 1. The van der Waals surface area contributed by atoms with Crippen molar-refractivity contribution in [3.63, 3.8) is 0 Å². The molecular formula is C15H23N5OS2. The Hall–Kier alpha value is -1.51. The zero-order valence-electron chi connectivity index (χ0n) is 14.2. The molecule has 0 radical (unpaired) electrons. The first-order valence-electron chi connectivity index (χ1n) is 7.33. The molecule has 0 saturated carbocycles. The normalized spacial score (nSPS) is 13.2. The number of hydrogen-bond acceptors (Lipinski definition) is 6. The highest BCUT2D eigenvalue weighted by Gasteiger charge is 2.12. The molecule has 0 fully saturated rings. The van der Waals surface area contributed by atoms with Crippen molar-refractivity contribution >= 4 is 28.6 Å². The van der Waals surface area contributed by atoms with Crippen molar-refractivity contribution in [2.45, 2.75) is 33.0 Å². The number of aliphatic imine (C=N–C) groups is 1. The van der Waals surface area contributed by atoms with Crippen LogP contribution >= 0.6 is 22.7 Å². The van der Waals surface area contributed by atoms with Crippen molar-refractivity contribution in [3.05, 3.63) is 32.2 Å². The highest BCUT2D eigenvalue weighted by atomic mass is 32.1. The van der Waals surface area contributed by atoms with Gasteiger partial charge in [0.25, 0.3) is 0 Å². The lowest BCUT2D eigenvalue weighted by Gasteiger charge is -2.20. The minimum absolute atomic E-state index is 0.0334. The van der Waals surface area contributed by atoms with Gasteiger partial charge in [0.15, 0.2) is 5.96 Å². The van der Waals surface area contributed by atoms with E-state index in [0.717, 1.165) is 28.2 Å². The monoisotopic (exact) mass is 353 g/mol. The molecule has 0 saturated heterocycles. The van der Waals surface area contributed by atoms with E-state index in [1.165, 1.54) is 4.88 Å². The van der Waals surface area contributed by atoms with Crippen molar-refractivity contribution < 1.29 is 4.74 Å². The van der Waals surface area contributed by atoms with E-state index in [1.54, 1.807) is 36.8 Å². The van der Waals surface area contributed by atoms with E-state index in [-0.39, 0.29) is 6.10 Å². The Labute approximate surface area is 145 Å². The molecular weight excluding hydrogens is 330 g/mol. The number of thiazole rings is 2. The summed E-state index contributed by atoms with van der Waals surface area (Å²) in [5, 5.41) is 7.50. The highest BCUT2D eigenvalue weighted by Crippen LogP contribution is 2.21. The average molecular weight is 354 g/mol. The summed E-state index contributed by atoms with van der Waals surface area (Å²) in [4.78, 5) is 16.5. The molecule has 0 amide bonds. The summed E-state index contributed by atoms with van der Waals surface area (Å²) in [7, 11) is 5.49. The third-order valence-corrected chi connectivity index (χ3v) is 5.30. The van der Waals surface area contributed by atoms with Crippen LogP contribution in [0.2, 0.25) is 0 Å². The van der Waals surface area contributed by atoms with Crippen LogP contribution in [0.1, 0.15) is 33.6 Å². The molecule has 2 aromatic heterocycles. The molecule has 0 aliphatic carbocycles. The second-order valence-corrected chi connectivity index (χ2v) is 7.37. The fourth-order valence-electron chi connectivity index (χ4n) is 2.04. The molecule has 6 nitrogen and oxygen atoms in total. The fourth-order valence-corrected chi connectivity index (χ4v) is 3.62. The Kier molecular flexibility index (Phi) is 6.49. The lowest BCUT2D eigenvalue weighted by atomic mass is 10.4. The SMILES string of the molecule is CN=C(NCc1cnc(C)s1)N(C)Cc1csc(C(C)OC)n1.